The number of benzene rings is 2. The maximum absolute atomic E-state index is 11.4. The van der Waals surface area contributed by atoms with Crippen molar-refractivity contribution >= 4 is 34.1 Å². The molecule has 0 aliphatic carbocycles. The molecule has 0 atom stereocenters. The molecule has 2 aromatic heterocycles. The van der Waals surface area contributed by atoms with Crippen molar-refractivity contribution in [3.05, 3.63) is 60.4 Å². The van der Waals surface area contributed by atoms with Crippen molar-refractivity contribution in [2.75, 3.05) is 11.1 Å². The number of aromatic amines is 1. The number of hydrogen-bond acceptors (Lipinski definition) is 6. The summed E-state index contributed by atoms with van der Waals surface area (Å²) in [7, 11) is 0. The van der Waals surface area contributed by atoms with Crippen LogP contribution in [0, 0.1) is 0 Å². The Balaban J connectivity index is 1.82. The third-order valence-corrected chi connectivity index (χ3v) is 3.94. The molecular weight excluding hydrogens is 330 g/mol. The number of nitrogen functional groups attached to an aromatic ring is 1. The van der Waals surface area contributed by atoms with Gasteiger partial charge in [0.1, 0.15) is 12.1 Å². The zero-order valence-electron chi connectivity index (χ0n) is 13.6. The second kappa shape index (κ2) is 6.17. The monoisotopic (exact) mass is 345 g/mol. The van der Waals surface area contributed by atoms with E-state index in [9.17, 15) is 4.79 Å². The molecule has 8 nitrogen and oxygen atoms in total. The van der Waals surface area contributed by atoms with Crippen LogP contribution in [0.25, 0.3) is 22.3 Å². The molecule has 0 radical (unpaired) electrons. The first-order valence-electron chi connectivity index (χ1n) is 7.84. The lowest BCUT2D eigenvalue weighted by Crippen LogP contribution is -2.10. The van der Waals surface area contributed by atoms with Gasteiger partial charge < -0.3 is 16.8 Å². The Morgan fingerprint density at radius 3 is 2.73 bits per heavy atom. The van der Waals surface area contributed by atoms with E-state index in [-0.39, 0.29) is 0 Å². The molecule has 8 heteroatoms. The maximum Gasteiger partial charge on any atom is 0.248 e. The highest BCUT2D eigenvalue weighted by atomic mass is 16.1. The maximum atomic E-state index is 11.4. The lowest BCUT2D eigenvalue weighted by molar-refractivity contribution is 0.100. The van der Waals surface area contributed by atoms with E-state index in [1.807, 2.05) is 30.3 Å². The van der Waals surface area contributed by atoms with E-state index in [4.69, 9.17) is 11.5 Å². The molecule has 128 valence electrons. The highest BCUT2D eigenvalue weighted by molar-refractivity contribution is 6.00. The third kappa shape index (κ3) is 2.80. The number of anilines is 3. The minimum atomic E-state index is -0.495. The highest BCUT2D eigenvalue weighted by Gasteiger charge is 2.15. The lowest BCUT2D eigenvalue weighted by atomic mass is 10.1. The van der Waals surface area contributed by atoms with Gasteiger partial charge in [-0.2, -0.15) is 5.10 Å². The van der Waals surface area contributed by atoms with Crippen LogP contribution in [0.4, 0.5) is 17.2 Å². The number of primary amides is 1. The van der Waals surface area contributed by atoms with E-state index >= 15 is 0 Å². The molecule has 1 amide bonds. The Morgan fingerprint density at radius 1 is 1.08 bits per heavy atom. The fourth-order valence-corrected chi connectivity index (χ4v) is 2.74. The summed E-state index contributed by atoms with van der Waals surface area (Å²) in [4.78, 5) is 19.9. The Labute approximate surface area is 148 Å². The number of H-pyrrole nitrogens is 1. The number of rotatable bonds is 4. The number of carbonyl (C=O) groups is 1. The third-order valence-electron chi connectivity index (χ3n) is 3.94. The summed E-state index contributed by atoms with van der Waals surface area (Å²) in [6.07, 6.45) is 1.42. The molecule has 0 saturated carbocycles. The van der Waals surface area contributed by atoms with Crippen LogP contribution in [-0.4, -0.2) is 26.1 Å². The molecule has 26 heavy (non-hydrogen) atoms. The Bertz CT molecular complexity index is 1120. The topological polar surface area (TPSA) is 136 Å². The minimum absolute atomic E-state index is 0.406. The van der Waals surface area contributed by atoms with E-state index in [1.54, 1.807) is 18.2 Å². The van der Waals surface area contributed by atoms with Gasteiger partial charge in [0.05, 0.1) is 11.1 Å². The summed E-state index contributed by atoms with van der Waals surface area (Å²) in [6.45, 7) is 0. The first-order chi connectivity index (χ1) is 12.6. The fraction of sp³-hybridized carbons (Fsp3) is 0. The van der Waals surface area contributed by atoms with Gasteiger partial charge in [0.15, 0.2) is 5.65 Å². The molecule has 0 unspecified atom stereocenters. The van der Waals surface area contributed by atoms with Crippen molar-refractivity contribution in [1.29, 1.82) is 0 Å². The molecule has 0 bridgehead atoms. The lowest BCUT2D eigenvalue weighted by Gasteiger charge is -2.08. The average molecular weight is 345 g/mol. The van der Waals surface area contributed by atoms with Crippen LogP contribution in [0.5, 0.6) is 0 Å². The molecule has 2 aromatic carbocycles. The van der Waals surface area contributed by atoms with Gasteiger partial charge in [0, 0.05) is 22.5 Å². The average Bonchev–Trinajstić information content (AvgIpc) is 3.07. The minimum Gasteiger partial charge on any atom is -0.399 e. The second-order valence-electron chi connectivity index (χ2n) is 5.72. The first-order valence-corrected chi connectivity index (χ1v) is 7.84. The highest BCUT2D eigenvalue weighted by Crippen LogP contribution is 2.32. The number of amides is 1. The van der Waals surface area contributed by atoms with Gasteiger partial charge in [0.25, 0.3) is 0 Å². The van der Waals surface area contributed by atoms with Gasteiger partial charge in [-0.15, -0.1) is 0 Å². The van der Waals surface area contributed by atoms with Crippen molar-refractivity contribution in [3.63, 3.8) is 0 Å². The summed E-state index contributed by atoms with van der Waals surface area (Å²) < 4.78 is 0. The van der Waals surface area contributed by atoms with Crippen molar-refractivity contribution in [1.82, 2.24) is 20.2 Å². The summed E-state index contributed by atoms with van der Waals surface area (Å²) >= 11 is 0. The van der Waals surface area contributed by atoms with Gasteiger partial charge >= 0.3 is 0 Å². The van der Waals surface area contributed by atoms with Crippen molar-refractivity contribution in [2.24, 2.45) is 5.73 Å². The molecule has 0 fully saturated rings. The van der Waals surface area contributed by atoms with Crippen LogP contribution >= 0.6 is 0 Å². The fourth-order valence-electron chi connectivity index (χ4n) is 2.74. The number of aromatic nitrogens is 4. The number of fused-ring (bicyclic) bond motifs is 1. The van der Waals surface area contributed by atoms with E-state index in [1.165, 1.54) is 6.33 Å². The van der Waals surface area contributed by atoms with E-state index < -0.39 is 5.91 Å². The van der Waals surface area contributed by atoms with Crippen LogP contribution in [0.1, 0.15) is 10.4 Å². The quantitative estimate of drug-likeness (QED) is 0.419. The predicted molar refractivity (Wildman–Crippen MR) is 99.8 cm³/mol. The first kappa shape index (κ1) is 15.6. The Kier molecular flexibility index (Phi) is 3.70. The SMILES string of the molecule is NC(=O)c1cccc(Nc2ncnc3n[nH]c(-c4cccc(N)c4)c23)c1. The zero-order chi connectivity index (χ0) is 18.1. The normalized spacial score (nSPS) is 10.8. The van der Waals surface area contributed by atoms with E-state index in [0.717, 1.165) is 16.6 Å². The van der Waals surface area contributed by atoms with Crippen LogP contribution in [0.3, 0.4) is 0 Å². The van der Waals surface area contributed by atoms with Crippen molar-refractivity contribution in [3.8, 4) is 11.3 Å². The molecule has 0 aliphatic heterocycles. The van der Waals surface area contributed by atoms with Gasteiger partial charge in [-0.25, -0.2) is 9.97 Å². The number of nitrogens with one attached hydrogen (secondary N) is 2. The predicted octanol–water partition coefficient (Wildman–Crippen LogP) is 2.44. The van der Waals surface area contributed by atoms with Crippen LogP contribution < -0.4 is 16.8 Å². The molecule has 0 spiro atoms. The van der Waals surface area contributed by atoms with Gasteiger partial charge in [-0.05, 0) is 30.3 Å². The summed E-state index contributed by atoms with van der Waals surface area (Å²) in [6, 6.07) is 14.3. The van der Waals surface area contributed by atoms with Gasteiger partial charge in [-0.3, -0.25) is 9.89 Å². The molecule has 2 heterocycles. The smallest absolute Gasteiger partial charge is 0.248 e. The molecule has 0 saturated heterocycles. The Hall–Kier alpha value is -3.94. The zero-order valence-corrected chi connectivity index (χ0v) is 13.6. The summed E-state index contributed by atoms with van der Waals surface area (Å²) in [5.74, 6) is 0.0630. The van der Waals surface area contributed by atoms with Crippen LogP contribution in [0.15, 0.2) is 54.9 Å². The molecule has 4 rings (SSSR count). The largest absolute Gasteiger partial charge is 0.399 e. The molecule has 0 aliphatic rings. The van der Waals surface area contributed by atoms with E-state index in [0.29, 0.717) is 28.4 Å². The van der Waals surface area contributed by atoms with Crippen molar-refractivity contribution < 1.29 is 4.79 Å². The Morgan fingerprint density at radius 2 is 1.92 bits per heavy atom. The molecule has 6 N–H and O–H groups in total. The van der Waals surface area contributed by atoms with Gasteiger partial charge in [-0.1, -0.05) is 18.2 Å². The number of carbonyl (C=O) groups excluding carboxylic acids is 1. The molecule has 4 aromatic rings. The van der Waals surface area contributed by atoms with Gasteiger partial charge in [0.2, 0.25) is 5.91 Å². The number of nitrogens with zero attached hydrogens (tertiary/aromatic N) is 3. The number of nitrogens with two attached hydrogens (primary N) is 2. The van der Waals surface area contributed by atoms with Crippen LogP contribution in [-0.2, 0) is 0 Å². The second-order valence-corrected chi connectivity index (χ2v) is 5.72. The molecular formula is C18H15N7O. The summed E-state index contributed by atoms with van der Waals surface area (Å²) in [5, 5.41) is 11.2. The summed E-state index contributed by atoms with van der Waals surface area (Å²) in [5.41, 5.74) is 15.1. The number of hydrogen-bond donors (Lipinski definition) is 4. The van der Waals surface area contributed by atoms with Crippen LogP contribution in [0.2, 0.25) is 0 Å². The van der Waals surface area contributed by atoms with Crippen molar-refractivity contribution in [2.45, 2.75) is 0 Å². The standard InChI is InChI=1S/C18H15N7O/c19-12-5-1-3-10(7-12)15-14-17(21-9-22-18(14)25-24-15)23-13-6-2-4-11(8-13)16(20)26/h1-9H,19H2,(H2,20,26)(H2,21,22,23,24,25). The van der Waals surface area contributed by atoms with E-state index in [2.05, 4.69) is 25.5 Å².